The number of hydrogen-bond donors (Lipinski definition) is 2. The van der Waals surface area contributed by atoms with Gasteiger partial charge in [-0.2, -0.15) is 11.8 Å². The van der Waals surface area contributed by atoms with Crippen LogP contribution in [0, 0.1) is 0 Å². The van der Waals surface area contributed by atoms with Gasteiger partial charge >= 0.3 is 0 Å². The van der Waals surface area contributed by atoms with Gasteiger partial charge in [-0.1, -0.05) is 6.07 Å². The number of hydrazine groups is 1. The first kappa shape index (κ1) is 13.2. The Morgan fingerprint density at radius 1 is 1.56 bits per heavy atom. The lowest BCUT2D eigenvalue weighted by molar-refractivity contribution is 0.0454. The minimum atomic E-state index is -0.318. The topological polar surface area (TPSA) is 73.6 Å². The Balaban J connectivity index is 1.75. The van der Waals surface area contributed by atoms with E-state index in [1.807, 2.05) is 17.8 Å². The van der Waals surface area contributed by atoms with Crippen LogP contribution in [0.25, 0.3) is 0 Å². The molecule has 2 rings (SSSR count). The van der Waals surface area contributed by atoms with Gasteiger partial charge in [0.05, 0.1) is 25.1 Å². The molecule has 1 aromatic carbocycles. The van der Waals surface area contributed by atoms with Crippen LogP contribution in [-0.4, -0.2) is 36.7 Å². The number of nitrogen functional groups attached to an aromatic ring is 1. The summed E-state index contributed by atoms with van der Waals surface area (Å²) in [7, 11) is 0. The Kier molecular flexibility index (Phi) is 4.86. The number of nitrogens with one attached hydrogen (secondary N) is 1. The Labute approximate surface area is 110 Å². The van der Waals surface area contributed by atoms with E-state index in [1.165, 1.54) is 0 Å². The van der Waals surface area contributed by atoms with Crippen molar-refractivity contribution in [2.45, 2.75) is 5.25 Å². The molecule has 1 aromatic rings. The first-order chi connectivity index (χ1) is 8.79. The van der Waals surface area contributed by atoms with Gasteiger partial charge in [-0.05, 0) is 18.2 Å². The molecule has 0 spiro atoms. The Hall–Kier alpha value is -1.24. The summed E-state index contributed by atoms with van der Waals surface area (Å²) in [5.74, 6) is 6.36. The molecule has 0 radical (unpaired) electrons. The van der Waals surface area contributed by atoms with Crippen LogP contribution in [0.1, 0.15) is 10.4 Å². The van der Waals surface area contributed by atoms with Crippen molar-refractivity contribution in [3.8, 4) is 5.75 Å². The van der Waals surface area contributed by atoms with Crippen molar-refractivity contribution in [2.75, 3.05) is 25.6 Å². The number of nitrogens with two attached hydrogens (primary N) is 1. The number of benzene rings is 1. The highest BCUT2D eigenvalue weighted by Crippen LogP contribution is 2.19. The number of carbonyl (C=O) groups is 1. The van der Waals surface area contributed by atoms with E-state index in [0.717, 1.165) is 19.0 Å². The highest BCUT2D eigenvalue weighted by molar-refractivity contribution is 8.00. The van der Waals surface area contributed by atoms with E-state index in [0.29, 0.717) is 23.2 Å². The maximum atomic E-state index is 11.3. The third-order valence-electron chi connectivity index (χ3n) is 2.54. The Morgan fingerprint density at radius 2 is 2.39 bits per heavy atom. The van der Waals surface area contributed by atoms with Gasteiger partial charge in [-0.25, -0.2) is 5.84 Å². The molecule has 0 unspecified atom stereocenters. The fraction of sp³-hybridized carbons (Fsp3) is 0.417. The minimum Gasteiger partial charge on any atom is -0.493 e. The molecular formula is C12H16N2O3S. The van der Waals surface area contributed by atoms with Crippen molar-refractivity contribution in [1.29, 1.82) is 0 Å². The Morgan fingerprint density at radius 3 is 3.06 bits per heavy atom. The van der Waals surface area contributed by atoms with Gasteiger partial charge in [0.15, 0.2) is 0 Å². The lowest BCUT2D eigenvalue weighted by Gasteiger charge is -2.25. The second kappa shape index (κ2) is 6.63. The second-order valence-electron chi connectivity index (χ2n) is 3.88. The average molecular weight is 268 g/mol. The second-order valence-corrected chi connectivity index (χ2v) is 5.29. The maximum absolute atomic E-state index is 11.3. The summed E-state index contributed by atoms with van der Waals surface area (Å²) in [6.45, 7) is 2.31. The molecule has 18 heavy (non-hydrogen) atoms. The van der Waals surface area contributed by atoms with Crippen LogP contribution in [0.5, 0.6) is 5.75 Å². The molecule has 1 fully saturated rings. The smallest absolute Gasteiger partial charge is 0.265 e. The quantitative estimate of drug-likeness (QED) is 0.345. The van der Waals surface area contributed by atoms with Crippen molar-refractivity contribution < 1.29 is 14.3 Å². The number of rotatable bonds is 6. The molecule has 1 heterocycles. The predicted molar refractivity (Wildman–Crippen MR) is 70.7 cm³/mol. The predicted octanol–water partition coefficient (Wildman–Crippen LogP) is 0.801. The fourth-order valence-corrected chi connectivity index (χ4v) is 2.39. The normalized spacial score (nSPS) is 14.9. The summed E-state index contributed by atoms with van der Waals surface area (Å²) in [4.78, 5) is 11.3. The molecule has 1 amide bonds. The first-order valence-corrected chi connectivity index (χ1v) is 6.77. The monoisotopic (exact) mass is 268 g/mol. The number of hydrogen-bond acceptors (Lipinski definition) is 5. The lowest BCUT2D eigenvalue weighted by Crippen LogP contribution is -2.31. The SMILES string of the molecule is NNC(=O)c1cccc(OCCSC2COC2)c1. The molecule has 5 nitrogen and oxygen atoms in total. The van der Waals surface area contributed by atoms with E-state index in [9.17, 15) is 4.79 Å². The van der Waals surface area contributed by atoms with Crippen molar-refractivity contribution in [1.82, 2.24) is 5.43 Å². The van der Waals surface area contributed by atoms with Crippen molar-refractivity contribution in [2.24, 2.45) is 5.84 Å². The zero-order valence-corrected chi connectivity index (χ0v) is 10.7. The minimum absolute atomic E-state index is 0.318. The van der Waals surface area contributed by atoms with Crippen LogP contribution in [-0.2, 0) is 4.74 Å². The molecule has 1 aliphatic heterocycles. The van der Waals surface area contributed by atoms with Crippen molar-refractivity contribution in [3.63, 3.8) is 0 Å². The number of amides is 1. The maximum Gasteiger partial charge on any atom is 0.265 e. The van der Waals surface area contributed by atoms with Crippen LogP contribution < -0.4 is 16.0 Å². The Bertz CT molecular complexity index is 410. The molecular weight excluding hydrogens is 252 g/mol. The molecule has 0 atom stereocenters. The highest BCUT2D eigenvalue weighted by Gasteiger charge is 2.18. The van der Waals surface area contributed by atoms with Gasteiger partial charge in [-0.3, -0.25) is 10.2 Å². The van der Waals surface area contributed by atoms with Crippen molar-refractivity contribution in [3.05, 3.63) is 29.8 Å². The van der Waals surface area contributed by atoms with Gasteiger partial charge in [0, 0.05) is 11.3 Å². The van der Waals surface area contributed by atoms with Crippen LogP contribution in [0.2, 0.25) is 0 Å². The molecule has 0 bridgehead atoms. The van der Waals surface area contributed by atoms with Crippen LogP contribution in [0.3, 0.4) is 0 Å². The van der Waals surface area contributed by atoms with E-state index in [-0.39, 0.29) is 5.91 Å². The zero-order chi connectivity index (χ0) is 12.8. The summed E-state index contributed by atoms with van der Waals surface area (Å²) in [6, 6.07) is 6.96. The average Bonchev–Trinajstić information content (AvgIpc) is 2.36. The standard InChI is InChI=1S/C12H16N2O3S/c13-14-12(15)9-2-1-3-10(6-9)17-4-5-18-11-7-16-8-11/h1-3,6,11H,4-5,7-8,13H2,(H,14,15). The largest absolute Gasteiger partial charge is 0.493 e. The summed E-state index contributed by atoms with van der Waals surface area (Å²) in [6.07, 6.45) is 0. The molecule has 1 aliphatic rings. The number of ether oxygens (including phenoxy) is 2. The highest BCUT2D eigenvalue weighted by atomic mass is 32.2. The summed E-state index contributed by atoms with van der Waals surface area (Å²) < 4.78 is 10.7. The molecule has 3 N–H and O–H groups in total. The summed E-state index contributed by atoms with van der Waals surface area (Å²) in [5, 5.41) is 0.614. The third kappa shape index (κ3) is 3.63. The van der Waals surface area contributed by atoms with Crippen LogP contribution >= 0.6 is 11.8 Å². The number of carbonyl (C=O) groups excluding carboxylic acids is 1. The molecule has 0 aromatic heterocycles. The van der Waals surface area contributed by atoms with Crippen LogP contribution in [0.4, 0.5) is 0 Å². The molecule has 1 saturated heterocycles. The third-order valence-corrected chi connectivity index (χ3v) is 3.69. The van der Waals surface area contributed by atoms with E-state index in [1.54, 1.807) is 18.2 Å². The molecule has 0 saturated carbocycles. The number of thioether (sulfide) groups is 1. The molecule has 6 heteroatoms. The van der Waals surface area contributed by atoms with Gasteiger partial charge < -0.3 is 9.47 Å². The molecule has 0 aliphatic carbocycles. The van der Waals surface area contributed by atoms with E-state index in [2.05, 4.69) is 5.43 Å². The van der Waals surface area contributed by atoms with Gasteiger partial charge in [0.1, 0.15) is 5.75 Å². The molecule has 98 valence electrons. The van der Waals surface area contributed by atoms with Crippen LogP contribution in [0.15, 0.2) is 24.3 Å². The fourth-order valence-electron chi connectivity index (χ4n) is 1.50. The first-order valence-electron chi connectivity index (χ1n) is 5.73. The van der Waals surface area contributed by atoms with E-state index in [4.69, 9.17) is 15.3 Å². The van der Waals surface area contributed by atoms with Gasteiger partial charge in [-0.15, -0.1) is 0 Å². The lowest BCUT2D eigenvalue weighted by atomic mass is 10.2. The summed E-state index contributed by atoms with van der Waals surface area (Å²) >= 11 is 1.85. The van der Waals surface area contributed by atoms with E-state index >= 15 is 0 Å². The zero-order valence-electron chi connectivity index (χ0n) is 9.93. The summed E-state index contributed by atoms with van der Waals surface area (Å²) in [5.41, 5.74) is 2.59. The van der Waals surface area contributed by atoms with Gasteiger partial charge in [0.2, 0.25) is 0 Å². The van der Waals surface area contributed by atoms with Gasteiger partial charge in [0.25, 0.3) is 5.91 Å². The van der Waals surface area contributed by atoms with Crippen molar-refractivity contribution >= 4 is 17.7 Å². The van der Waals surface area contributed by atoms with E-state index < -0.39 is 0 Å².